The number of ether oxygens (including phenoxy) is 1. The summed E-state index contributed by atoms with van der Waals surface area (Å²) in [6.07, 6.45) is 0.518. The van der Waals surface area contributed by atoms with Gasteiger partial charge in [0, 0.05) is 16.3 Å². The summed E-state index contributed by atoms with van der Waals surface area (Å²) in [5.41, 5.74) is 2.16. The van der Waals surface area contributed by atoms with E-state index in [4.69, 9.17) is 4.74 Å². The van der Waals surface area contributed by atoms with Crippen molar-refractivity contribution < 1.29 is 9.30 Å². The molecule has 3 heteroatoms. The summed E-state index contributed by atoms with van der Waals surface area (Å²) in [7, 11) is -2.87. The third kappa shape index (κ3) is 5.10. The zero-order chi connectivity index (χ0) is 22.2. The molecule has 2 nitrogen and oxygen atoms in total. The van der Waals surface area contributed by atoms with Crippen molar-refractivity contribution in [3.8, 4) is 0 Å². The first kappa shape index (κ1) is 22.3. The Morgan fingerprint density at radius 1 is 0.656 bits per heavy atom. The van der Waals surface area contributed by atoms with Gasteiger partial charge in [0.1, 0.15) is 7.14 Å². The van der Waals surface area contributed by atoms with Crippen LogP contribution in [0, 0.1) is 0 Å². The van der Waals surface area contributed by atoms with Crippen LogP contribution in [0.3, 0.4) is 0 Å². The molecule has 0 bridgehead atoms. The van der Waals surface area contributed by atoms with E-state index >= 15 is 0 Å². The van der Waals surface area contributed by atoms with Gasteiger partial charge in [0.25, 0.3) is 0 Å². The summed E-state index contributed by atoms with van der Waals surface area (Å²) in [6.45, 7) is 2.62. The third-order valence-electron chi connectivity index (χ3n) is 5.92. The van der Waals surface area contributed by atoms with Crippen LogP contribution in [0.5, 0.6) is 0 Å². The van der Waals surface area contributed by atoms with Crippen molar-refractivity contribution in [1.29, 1.82) is 0 Å². The average Bonchev–Trinajstić information content (AvgIpc) is 2.88. The van der Waals surface area contributed by atoms with E-state index in [0.29, 0.717) is 13.0 Å². The minimum absolute atomic E-state index is 0.0896. The van der Waals surface area contributed by atoms with Crippen molar-refractivity contribution in [3.63, 3.8) is 0 Å². The Hall–Kier alpha value is -2.93. The second-order valence-electron chi connectivity index (χ2n) is 8.11. The van der Waals surface area contributed by atoms with E-state index in [1.165, 1.54) is 0 Å². The Bertz CT molecular complexity index is 1090. The molecular formula is C29H29O2P. The summed E-state index contributed by atoms with van der Waals surface area (Å²) < 4.78 is 21.1. The van der Waals surface area contributed by atoms with Gasteiger partial charge in [0.2, 0.25) is 0 Å². The highest BCUT2D eigenvalue weighted by atomic mass is 31.2. The third-order valence-corrected chi connectivity index (χ3v) is 9.50. The zero-order valence-corrected chi connectivity index (χ0v) is 19.3. The molecule has 0 radical (unpaired) electrons. The van der Waals surface area contributed by atoms with Gasteiger partial charge in [0.15, 0.2) is 0 Å². The van der Waals surface area contributed by atoms with Crippen LogP contribution in [0.2, 0.25) is 0 Å². The molecule has 0 aliphatic carbocycles. The number of hydrogen-bond donors (Lipinski definition) is 0. The van der Waals surface area contributed by atoms with E-state index in [2.05, 4.69) is 31.2 Å². The fraction of sp³-hybridized carbons (Fsp3) is 0.172. The molecule has 0 aromatic heterocycles. The highest BCUT2D eigenvalue weighted by Crippen LogP contribution is 2.51. The normalized spacial score (nSPS) is 13.4. The molecule has 0 heterocycles. The standard InChI is InChI=1S/C29H29O2P/c1-24(32(30,27-18-10-4-11-19-27)28-20-12-5-13-21-28)22-29(26-16-8-3-9-17-26)31-23-25-14-6-2-7-15-25/h2-21,24,29H,22-23H2,1H3/t24?,29-/m0/s1. The Kier molecular flexibility index (Phi) is 7.37. The van der Waals surface area contributed by atoms with Gasteiger partial charge >= 0.3 is 0 Å². The van der Waals surface area contributed by atoms with Gasteiger partial charge in [-0.3, -0.25) is 0 Å². The van der Waals surface area contributed by atoms with E-state index in [1.807, 2.05) is 97.1 Å². The lowest BCUT2D eigenvalue weighted by atomic mass is 10.0. The minimum atomic E-state index is -2.87. The predicted molar refractivity (Wildman–Crippen MR) is 134 cm³/mol. The van der Waals surface area contributed by atoms with Crippen molar-refractivity contribution in [2.75, 3.05) is 0 Å². The van der Waals surface area contributed by atoms with Crippen LogP contribution in [-0.2, 0) is 15.9 Å². The second-order valence-corrected chi connectivity index (χ2v) is 11.3. The summed E-state index contributed by atoms with van der Waals surface area (Å²) in [5, 5.41) is 1.79. The molecule has 0 spiro atoms. The molecule has 0 N–H and O–H groups in total. The highest BCUT2D eigenvalue weighted by Gasteiger charge is 2.35. The lowest BCUT2D eigenvalue weighted by molar-refractivity contribution is 0.0339. The minimum Gasteiger partial charge on any atom is -0.369 e. The number of hydrogen-bond acceptors (Lipinski definition) is 2. The van der Waals surface area contributed by atoms with Gasteiger partial charge in [-0.05, 0) is 17.5 Å². The first-order chi connectivity index (χ1) is 15.7. The molecule has 2 atom stereocenters. The molecule has 4 rings (SSSR count). The van der Waals surface area contributed by atoms with E-state index in [0.717, 1.165) is 21.7 Å². The molecule has 0 aliphatic heterocycles. The van der Waals surface area contributed by atoms with Gasteiger partial charge in [0.05, 0.1) is 12.7 Å². The van der Waals surface area contributed by atoms with Crippen LogP contribution in [0.4, 0.5) is 0 Å². The maximum absolute atomic E-state index is 14.7. The van der Waals surface area contributed by atoms with E-state index in [9.17, 15) is 4.57 Å². The Morgan fingerprint density at radius 2 is 1.09 bits per heavy atom. The quantitative estimate of drug-likeness (QED) is 0.270. The molecule has 32 heavy (non-hydrogen) atoms. The van der Waals surface area contributed by atoms with Gasteiger partial charge in [-0.15, -0.1) is 0 Å². The molecule has 4 aromatic rings. The average molecular weight is 441 g/mol. The van der Waals surface area contributed by atoms with Crippen LogP contribution < -0.4 is 10.6 Å². The van der Waals surface area contributed by atoms with E-state index in [-0.39, 0.29) is 11.8 Å². The smallest absolute Gasteiger partial charge is 0.146 e. The predicted octanol–water partition coefficient (Wildman–Crippen LogP) is 6.74. The molecule has 0 saturated carbocycles. The van der Waals surface area contributed by atoms with Crippen LogP contribution >= 0.6 is 7.14 Å². The monoisotopic (exact) mass is 440 g/mol. The van der Waals surface area contributed by atoms with Crippen molar-refractivity contribution in [2.45, 2.75) is 31.7 Å². The Labute approximate surface area is 191 Å². The summed E-state index contributed by atoms with van der Waals surface area (Å²) in [5.74, 6) is 0. The first-order valence-corrected chi connectivity index (χ1v) is 12.9. The molecule has 0 amide bonds. The molecule has 0 fully saturated rings. The largest absolute Gasteiger partial charge is 0.369 e. The van der Waals surface area contributed by atoms with Gasteiger partial charge < -0.3 is 9.30 Å². The summed E-state index contributed by atoms with van der Waals surface area (Å²) in [6, 6.07) is 40.3. The van der Waals surface area contributed by atoms with Crippen LogP contribution in [0.25, 0.3) is 0 Å². The fourth-order valence-electron chi connectivity index (χ4n) is 4.15. The topological polar surface area (TPSA) is 26.3 Å². The molecule has 0 saturated heterocycles. The lowest BCUT2D eigenvalue weighted by Crippen LogP contribution is -2.26. The molecule has 162 valence electrons. The van der Waals surface area contributed by atoms with Gasteiger partial charge in [-0.25, -0.2) is 0 Å². The maximum atomic E-state index is 14.7. The van der Waals surface area contributed by atoms with Gasteiger partial charge in [-0.1, -0.05) is 128 Å². The van der Waals surface area contributed by atoms with Crippen molar-refractivity contribution in [3.05, 3.63) is 132 Å². The van der Waals surface area contributed by atoms with Crippen LogP contribution in [0.1, 0.15) is 30.6 Å². The molecule has 1 unspecified atom stereocenters. The van der Waals surface area contributed by atoms with Crippen molar-refractivity contribution in [1.82, 2.24) is 0 Å². The molecule has 0 aliphatic rings. The molecular weight excluding hydrogens is 411 g/mol. The number of benzene rings is 4. The SMILES string of the molecule is CC(C[C@H](OCc1ccccc1)c1ccccc1)P(=O)(c1ccccc1)c1ccccc1. The summed E-state index contributed by atoms with van der Waals surface area (Å²) >= 11 is 0. The van der Waals surface area contributed by atoms with Crippen LogP contribution in [0.15, 0.2) is 121 Å². The zero-order valence-electron chi connectivity index (χ0n) is 18.4. The second kappa shape index (κ2) is 10.6. The molecule has 4 aromatic carbocycles. The fourth-order valence-corrected chi connectivity index (χ4v) is 7.19. The maximum Gasteiger partial charge on any atom is 0.146 e. The van der Waals surface area contributed by atoms with E-state index in [1.54, 1.807) is 0 Å². The lowest BCUT2D eigenvalue weighted by Gasteiger charge is -2.29. The van der Waals surface area contributed by atoms with Crippen LogP contribution in [-0.4, -0.2) is 5.66 Å². The Balaban J connectivity index is 1.65. The first-order valence-electron chi connectivity index (χ1n) is 11.1. The number of rotatable bonds is 9. The van der Waals surface area contributed by atoms with Crippen molar-refractivity contribution >= 4 is 17.8 Å². The highest BCUT2D eigenvalue weighted by molar-refractivity contribution is 7.79. The van der Waals surface area contributed by atoms with Crippen molar-refractivity contribution in [2.24, 2.45) is 0 Å². The summed E-state index contributed by atoms with van der Waals surface area (Å²) in [4.78, 5) is 0. The Morgan fingerprint density at radius 3 is 1.59 bits per heavy atom. The van der Waals surface area contributed by atoms with Gasteiger partial charge in [-0.2, -0.15) is 0 Å². The van der Waals surface area contributed by atoms with E-state index < -0.39 is 7.14 Å².